The van der Waals surface area contributed by atoms with Gasteiger partial charge in [0, 0.05) is 12.4 Å². The minimum atomic E-state index is -0.153. The number of anilines is 2. The normalized spacial score (nSPS) is 11.7. The maximum atomic E-state index is 11.8. The first kappa shape index (κ1) is 15.9. The van der Waals surface area contributed by atoms with E-state index in [0.717, 1.165) is 17.8 Å². The Balaban J connectivity index is 2.05. The van der Waals surface area contributed by atoms with Crippen LogP contribution < -0.4 is 4.90 Å². The molecule has 0 saturated heterocycles. The highest BCUT2D eigenvalue weighted by atomic mass is 16.5. The van der Waals surface area contributed by atoms with Crippen molar-refractivity contribution in [1.82, 2.24) is 9.97 Å². The van der Waals surface area contributed by atoms with Crippen LogP contribution in [0.5, 0.6) is 0 Å². The van der Waals surface area contributed by atoms with Gasteiger partial charge in [0.25, 0.3) is 0 Å². The molecule has 2 aromatic rings. The molecule has 1 unspecified atom stereocenters. The molecular formula is C17H21N3O2. The third-order valence-corrected chi connectivity index (χ3v) is 3.49. The quantitative estimate of drug-likeness (QED) is 0.735. The third kappa shape index (κ3) is 4.28. The number of nitrogens with zero attached hydrogens (tertiary/aromatic N) is 3. The lowest BCUT2D eigenvalue weighted by Crippen LogP contribution is -2.25. The van der Waals surface area contributed by atoms with Crippen LogP contribution in [0, 0.1) is 5.92 Å². The number of ether oxygens (including phenoxy) is 1. The predicted octanol–water partition coefficient (Wildman–Crippen LogP) is 3.20. The predicted molar refractivity (Wildman–Crippen MR) is 85.9 cm³/mol. The van der Waals surface area contributed by atoms with Gasteiger partial charge < -0.3 is 9.64 Å². The van der Waals surface area contributed by atoms with Gasteiger partial charge in [0.15, 0.2) is 0 Å². The number of carbonyl (C=O) groups excluding carboxylic acids is 1. The first-order valence-corrected chi connectivity index (χ1v) is 7.46. The zero-order valence-electron chi connectivity index (χ0n) is 13.0. The highest BCUT2D eigenvalue weighted by Crippen LogP contribution is 2.22. The first-order chi connectivity index (χ1) is 10.7. The van der Waals surface area contributed by atoms with Gasteiger partial charge in [-0.1, -0.05) is 13.8 Å². The van der Waals surface area contributed by atoms with Crippen LogP contribution >= 0.6 is 0 Å². The standard InChI is InChI=1S/C17H21N3O2/c1-3-14(2)17(21)22-11-10-20(15-6-4-8-18-12-15)16-7-5-9-19-13-16/h4-9,12-14H,3,10-11H2,1-2H3. The molecule has 0 fully saturated rings. The Morgan fingerprint density at radius 1 is 1.18 bits per heavy atom. The first-order valence-electron chi connectivity index (χ1n) is 7.46. The van der Waals surface area contributed by atoms with Gasteiger partial charge in [-0.05, 0) is 30.7 Å². The molecule has 0 aliphatic carbocycles. The molecule has 116 valence electrons. The van der Waals surface area contributed by atoms with Crippen molar-refractivity contribution in [3.63, 3.8) is 0 Å². The van der Waals surface area contributed by atoms with E-state index in [-0.39, 0.29) is 11.9 Å². The van der Waals surface area contributed by atoms with Crippen molar-refractivity contribution in [3.8, 4) is 0 Å². The van der Waals surface area contributed by atoms with Crippen molar-refractivity contribution >= 4 is 17.3 Å². The molecule has 0 aliphatic rings. The number of carbonyl (C=O) groups is 1. The van der Waals surface area contributed by atoms with Gasteiger partial charge in [-0.15, -0.1) is 0 Å². The molecular weight excluding hydrogens is 278 g/mol. The zero-order chi connectivity index (χ0) is 15.8. The van der Waals surface area contributed by atoms with Gasteiger partial charge in [-0.25, -0.2) is 0 Å². The van der Waals surface area contributed by atoms with Gasteiger partial charge in [0.2, 0.25) is 0 Å². The fraction of sp³-hybridized carbons (Fsp3) is 0.353. The Kier molecular flexibility index (Phi) is 5.89. The van der Waals surface area contributed by atoms with Gasteiger partial charge in [-0.3, -0.25) is 14.8 Å². The van der Waals surface area contributed by atoms with Gasteiger partial charge in [0.1, 0.15) is 6.61 Å². The minimum absolute atomic E-state index is 0.0646. The second-order valence-electron chi connectivity index (χ2n) is 5.05. The summed E-state index contributed by atoms with van der Waals surface area (Å²) in [6.45, 7) is 4.73. The Morgan fingerprint density at radius 2 is 1.77 bits per heavy atom. The van der Waals surface area contributed by atoms with Crippen molar-refractivity contribution in [1.29, 1.82) is 0 Å². The number of hydrogen-bond donors (Lipinski definition) is 0. The topological polar surface area (TPSA) is 55.3 Å². The average molecular weight is 299 g/mol. The summed E-state index contributed by atoms with van der Waals surface area (Å²) in [5.41, 5.74) is 1.88. The molecule has 0 aliphatic heterocycles. The summed E-state index contributed by atoms with van der Waals surface area (Å²) in [6.07, 6.45) is 7.81. The highest BCUT2D eigenvalue weighted by molar-refractivity contribution is 5.72. The second-order valence-corrected chi connectivity index (χ2v) is 5.05. The van der Waals surface area contributed by atoms with E-state index in [9.17, 15) is 4.79 Å². The molecule has 22 heavy (non-hydrogen) atoms. The van der Waals surface area contributed by atoms with Crippen molar-refractivity contribution < 1.29 is 9.53 Å². The monoisotopic (exact) mass is 299 g/mol. The van der Waals surface area contributed by atoms with E-state index in [1.807, 2.05) is 43.0 Å². The van der Waals surface area contributed by atoms with Crippen LogP contribution in [0.3, 0.4) is 0 Å². The van der Waals surface area contributed by atoms with Crippen LogP contribution in [0.25, 0.3) is 0 Å². The van der Waals surface area contributed by atoms with Crippen molar-refractivity contribution in [2.75, 3.05) is 18.1 Å². The minimum Gasteiger partial charge on any atom is -0.464 e. The Hall–Kier alpha value is -2.43. The molecule has 0 amide bonds. The van der Waals surface area contributed by atoms with Crippen molar-refractivity contribution in [3.05, 3.63) is 49.1 Å². The van der Waals surface area contributed by atoms with Crippen LogP contribution in [0.2, 0.25) is 0 Å². The van der Waals surface area contributed by atoms with E-state index in [1.165, 1.54) is 0 Å². The highest BCUT2D eigenvalue weighted by Gasteiger charge is 2.14. The Morgan fingerprint density at radius 3 is 2.23 bits per heavy atom. The molecule has 0 radical (unpaired) electrons. The summed E-state index contributed by atoms with van der Waals surface area (Å²) in [5.74, 6) is -0.218. The lowest BCUT2D eigenvalue weighted by atomic mass is 10.1. The summed E-state index contributed by atoms with van der Waals surface area (Å²) < 4.78 is 5.35. The van der Waals surface area contributed by atoms with E-state index in [1.54, 1.807) is 24.8 Å². The molecule has 2 aromatic heterocycles. The molecule has 0 spiro atoms. The number of pyridine rings is 2. The van der Waals surface area contributed by atoms with E-state index in [2.05, 4.69) is 9.97 Å². The summed E-state index contributed by atoms with van der Waals surface area (Å²) in [5, 5.41) is 0. The molecule has 1 atom stereocenters. The molecule has 5 nitrogen and oxygen atoms in total. The number of hydrogen-bond acceptors (Lipinski definition) is 5. The van der Waals surface area contributed by atoms with E-state index < -0.39 is 0 Å². The lowest BCUT2D eigenvalue weighted by Gasteiger charge is -2.24. The van der Waals surface area contributed by atoms with Crippen LogP contribution in [0.1, 0.15) is 20.3 Å². The van der Waals surface area contributed by atoms with Crippen LogP contribution in [-0.4, -0.2) is 29.1 Å². The molecule has 2 rings (SSSR count). The summed E-state index contributed by atoms with van der Waals surface area (Å²) in [6, 6.07) is 7.70. The molecule has 2 heterocycles. The van der Waals surface area contributed by atoms with Crippen LogP contribution in [0.15, 0.2) is 49.1 Å². The van der Waals surface area contributed by atoms with E-state index in [0.29, 0.717) is 13.2 Å². The fourth-order valence-corrected chi connectivity index (χ4v) is 1.98. The summed E-state index contributed by atoms with van der Waals surface area (Å²) in [7, 11) is 0. The maximum absolute atomic E-state index is 11.8. The number of aromatic nitrogens is 2. The molecule has 0 N–H and O–H groups in total. The summed E-state index contributed by atoms with van der Waals surface area (Å²) >= 11 is 0. The summed E-state index contributed by atoms with van der Waals surface area (Å²) in [4.78, 5) is 22.1. The molecule has 0 bridgehead atoms. The zero-order valence-corrected chi connectivity index (χ0v) is 13.0. The Bertz CT molecular complexity index is 535. The average Bonchev–Trinajstić information content (AvgIpc) is 2.59. The van der Waals surface area contributed by atoms with Gasteiger partial charge in [-0.2, -0.15) is 0 Å². The SMILES string of the molecule is CCC(C)C(=O)OCCN(c1cccnc1)c1cccnc1. The number of esters is 1. The van der Waals surface area contributed by atoms with Crippen LogP contribution in [-0.2, 0) is 9.53 Å². The Labute approximate surface area is 131 Å². The molecule has 0 aromatic carbocycles. The number of rotatable bonds is 7. The smallest absolute Gasteiger partial charge is 0.308 e. The van der Waals surface area contributed by atoms with Gasteiger partial charge in [0.05, 0.1) is 36.2 Å². The van der Waals surface area contributed by atoms with E-state index in [4.69, 9.17) is 4.74 Å². The molecule has 5 heteroatoms. The van der Waals surface area contributed by atoms with Crippen molar-refractivity contribution in [2.24, 2.45) is 5.92 Å². The largest absolute Gasteiger partial charge is 0.464 e. The second kappa shape index (κ2) is 8.12. The van der Waals surface area contributed by atoms with Crippen molar-refractivity contribution in [2.45, 2.75) is 20.3 Å². The van der Waals surface area contributed by atoms with Crippen LogP contribution in [0.4, 0.5) is 11.4 Å². The lowest BCUT2D eigenvalue weighted by molar-refractivity contribution is -0.147. The van der Waals surface area contributed by atoms with Gasteiger partial charge >= 0.3 is 5.97 Å². The molecule has 0 saturated carbocycles. The third-order valence-electron chi connectivity index (χ3n) is 3.49. The van der Waals surface area contributed by atoms with E-state index >= 15 is 0 Å². The maximum Gasteiger partial charge on any atom is 0.308 e. The fourth-order valence-electron chi connectivity index (χ4n) is 1.98.